The largest absolute Gasteiger partial charge is 0.338 e. The van der Waals surface area contributed by atoms with E-state index in [1.807, 2.05) is 0 Å². The van der Waals surface area contributed by atoms with Gasteiger partial charge >= 0.3 is 7.60 Å². The van der Waals surface area contributed by atoms with Gasteiger partial charge in [-0.2, -0.15) is 0 Å². The second kappa shape index (κ2) is 6.31. The van der Waals surface area contributed by atoms with Crippen molar-refractivity contribution in [1.82, 2.24) is 9.97 Å². The second-order valence-corrected chi connectivity index (χ2v) is 6.19. The number of benzene rings is 1. The first-order chi connectivity index (χ1) is 9.58. The number of nitrogens with zero attached hydrogens (tertiary/aromatic N) is 1. The number of hydrogen-bond acceptors (Lipinski definition) is 5. The fourth-order valence-corrected chi connectivity index (χ4v) is 3.48. The number of aromatic nitrogens is 2. The van der Waals surface area contributed by atoms with E-state index in [-0.39, 0.29) is 24.9 Å². The summed E-state index contributed by atoms with van der Waals surface area (Å²) in [6, 6.07) is 6.99. The maximum absolute atomic E-state index is 12.4. The Labute approximate surface area is 116 Å². The summed E-state index contributed by atoms with van der Waals surface area (Å²) in [5.74, 6) is 0.305. The van der Waals surface area contributed by atoms with Gasteiger partial charge in [0.15, 0.2) is 0 Å². The quantitative estimate of drug-likeness (QED) is 0.829. The van der Waals surface area contributed by atoms with Crippen molar-refractivity contribution >= 4 is 18.5 Å². The van der Waals surface area contributed by atoms with E-state index in [0.717, 1.165) is 0 Å². The maximum atomic E-state index is 12.4. The minimum absolute atomic E-state index is 0.0469. The van der Waals surface area contributed by atoms with E-state index in [0.29, 0.717) is 16.7 Å². The van der Waals surface area contributed by atoms with Crippen molar-refractivity contribution in [3.05, 3.63) is 40.4 Å². The van der Waals surface area contributed by atoms with Crippen molar-refractivity contribution in [2.75, 3.05) is 13.2 Å². The Bertz CT molecular complexity index is 688. The molecule has 0 aliphatic carbocycles. The molecule has 20 heavy (non-hydrogen) atoms. The summed E-state index contributed by atoms with van der Waals surface area (Å²) < 4.78 is 22.8. The van der Waals surface area contributed by atoms with Crippen molar-refractivity contribution in [1.29, 1.82) is 0 Å². The van der Waals surface area contributed by atoms with Crippen molar-refractivity contribution < 1.29 is 13.6 Å². The zero-order valence-corrected chi connectivity index (χ0v) is 12.4. The molecular weight excluding hydrogens is 279 g/mol. The molecule has 2 aromatic rings. The Morgan fingerprint density at radius 1 is 1.20 bits per heavy atom. The summed E-state index contributed by atoms with van der Waals surface area (Å²) in [6.07, 6.45) is -0.0469. The number of H-pyrrole nitrogens is 1. The fourth-order valence-electron chi connectivity index (χ4n) is 1.92. The number of aromatic amines is 1. The molecule has 1 N–H and O–H groups in total. The number of fused-ring (bicyclic) bond motifs is 1. The maximum Gasteiger partial charge on any atom is 0.338 e. The number of para-hydroxylation sites is 1. The molecule has 0 unspecified atom stereocenters. The van der Waals surface area contributed by atoms with Crippen LogP contribution in [0.5, 0.6) is 0 Å². The minimum Gasteiger partial charge on any atom is -0.309 e. The molecule has 1 aromatic heterocycles. The average Bonchev–Trinajstić information content (AvgIpc) is 2.39. The molecule has 0 fully saturated rings. The van der Waals surface area contributed by atoms with Crippen molar-refractivity contribution in [2.24, 2.45) is 0 Å². The van der Waals surface area contributed by atoms with E-state index in [1.54, 1.807) is 38.1 Å². The summed E-state index contributed by atoms with van der Waals surface area (Å²) in [4.78, 5) is 18.9. The Hall–Kier alpha value is -1.49. The Morgan fingerprint density at radius 2 is 1.85 bits per heavy atom. The molecule has 0 bridgehead atoms. The van der Waals surface area contributed by atoms with E-state index < -0.39 is 7.60 Å². The van der Waals surface area contributed by atoms with Crippen LogP contribution in [0, 0.1) is 0 Å². The minimum atomic E-state index is -3.27. The first kappa shape index (κ1) is 14.9. The van der Waals surface area contributed by atoms with E-state index in [2.05, 4.69) is 9.97 Å². The van der Waals surface area contributed by atoms with Gasteiger partial charge in [-0.05, 0) is 26.0 Å². The highest BCUT2D eigenvalue weighted by Gasteiger charge is 2.25. The highest BCUT2D eigenvalue weighted by Crippen LogP contribution is 2.50. The zero-order valence-electron chi connectivity index (χ0n) is 11.5. The molecule has 1 aromatic carbocycles. The molecule has 2 rings (SSSR count). The van der Waals surface area contributed by atoms with Gasteiger partial charge in [-0.1, -0.05) is 12.1 Å². The monoisotopic (exact) mass is 296 g/mol. The van der Waals surface area contributed by atoms with E-state index >= 15 is 0 Å². The van der Waals surface area contributed by atoms with Gasteiger partial charge in [0, 0.05) is 0 Å². The molecule has 0 radical (unpaired) electrons. The standard InChI is InChI=1S/C13H17N2O4P/c1-3-18-20(17,19-4-2)9-12-14-11-8-6-5-7-10(11)13(16)15-12/h5-8H,3-4,9H2,1-2H3,(H,14,15,16). The third-order valence-electron chi connectivity index (χ3n) is 2.66. The van der Waals surface area contributed by atoms with Gasteiger partial charge in [0.05, 0.1) is 24.1 Å². The van der Waals surface area contributed by atoms with Gasteiger partial charge in [0.2, 0.25) is 0 Å². The van der Waals surface area contributed by atoms with Gasteiger partial charge in [-0.25, -0.2) is 4.98 Å². The lowest BCUT2D eigenvalue weighted by Crippen LogP contribution is -2.12. The highest BCUT2D eigenvalue weighted by molar-refractivity contribution is 7.53. The average molecular weight is 296 g/mol. The molecule has 0 spiro atoms. The summed E-state index contributed by atoms with van der Waals surface area (Å²) >= 11 is 0. The highest BCUT2D eigenvalue weighted by atomic mass is 31.2. The van der Waals surface area contributed by atoms with Crippen LogP contribution in [-0.2, 0) is 19.8 Å². The van der Waals surface area contributed by atoms with Gasteiger partial charge < -0.3 is 14.0 Å². The lowest BCUT2D eigenvalue weighted by atomic mass is 10.2. The smallest absolute Gasteiger partial charge is 0.309 e. The van der Waals surface area contributed by atoms with Gasteiger partial charge in [-0.3, -0.25) is 9.36 Å². The molecule has 0 aliphatic heterocycles. The zero-order chi connectivity index (χ0) is 14.6. The van der Waals surface area contributed by atoms with Crippen LogP contribution in [0.25, 0.3) is 10.9 Å². The molecule has 0 amide bonds. The van der Waals surface area contributed by atoms with Gasteiger partial charge in [0.25, 0.3) is 5.56 Å². The molecule has 0 atom stereocenters. The molecule has 0 saturated carbocycles. The normalized spacial score (nSPS) is 11.9. The molecule has 0 saturated heterocycles. The Balaban J connectivity index is 2.38. The van der Waals surface area contributed by atoms with Crippen LogP contribution < -0.4 is 5.56 Å². The van der Waals surface area contributed by atoms with Crippen LogP contribution in [0.3, 0.4) is 0 Å². The molecule has 7 heteroatoms. The predicted octanol–water partition coefficient (Wildman–Crippen LogP) is 2.69. The van der Waals surface area contributed by atoms with Crippen molar-refractivity contribution in [3.8, 4) is 0 Å². The van der Waals surface area contributed by atoms with Crippen LogP contribution in [0.4, 0.5) is 0 Å². The SMILES string of the molecule is CCOP(=O)(Cc1nc2ccccc2c(=O)[nH]1)OCC. The molecular formula is C13H17N2O4P. The third-order valence-corrected chi connectivity index (χ3v) is 4.65. The summed E-state index contributed by atoms with van der Waals surface area (Å²) in [5, 5.41) is 0.499. The lowest BCUT2D eigenvalue weighted by molar-refractivity contribution is 0.218. The van der Waals surface area contributed by atoms with Gasteiger partial charge in [0.1, 0.15) is 12.0 Å². The summed E-state index contributed by atoms with van der Waals surface area (Å²) in [7, 11) is -3.27. The van der Waals surface area contributed by atoms with E-state index in [1.165, 1.54) is 0 Å². The van der Waals surface area contributed by atoms with Gasteiger partial charge in [-0.15, -0.1) is 0 Å². The number of rotatable bonds is 6. The van der Waals surface area contributed by atoms with Crippen LogP contribution in [0.15, 0.2) is 29.1 Å². The molecule has 6 nitrogen and oxygen atoms in total. The number of nitrogens with one attached hydrogen (secondary N) is 1. The van der Waals surface area contributed by atoms with Crippen molar-refractivity contribution in [3.63, 3.8) is 0 Å². The van der Waals surface area contributed by atoms with Crippen LogP contribution in [-0.4, -0.2) is 23.2 Å². The molecule has 108 valence electrons. The Morgan fingerprint density at radius 3 is 2.50 bits per heavy atom. The van der Waals surface area contributed by atoms with E-state index in [9.17, 15) is 9.36 Å². The Kier molecular flexibility index (Phi) is 4.70. The molecule has 1 heterocycles. The first-order valence-corrected chi connectivity index (χ1v) is 8.17. The topological polar surface area (TPSA) is 81.3 Å². The van der Waals surface area contributed by atoms with Crippen molar-refractivity contribution in [2.45, 2.75) is 20.0 Å². The second-order valence-electron chi connectivity index (χ2n) is 4.13. The van der Waals surface area contributed by atoms with Crippen LogP contribution >= 0.6 is 7.60 Å². The summed E-state index contributed by atoms with van der Waals surface area (Å²) in [6.45, 7) is 4.02. The van der Waals surface area contributed by atoms with E-state index in [4.69, 9.17) is 9.05 Å². The molecule has 0 aliphatic rings. The fraction of sp³-hybridized carbons (Fsp3) is 0.385. The first-order valence-electron chi connectivity index (χ1n) is 6.44. The summed E-state index contributed by atoms with van der Waals surface area (Å²) in [5.41, 5.74) is 0.302. The van der Waals surface area contributed by atoms with Crippen LogP contribution in [0.1, 0.15) is 19.7 Å². The predicted molar refractivity (Wildman–Crippen MR) is 76.9 cm³/mol. The van der Waals surface area contributed by atoms with Crippen LogP contribution in [0.2, 0.25) is 0 Å². The third kappa shape index (κ3) is 3.33. The lowest BCUT2D eigenvalue weighted by Gasteiger charge is -2.16. The number of hydrogen-bond donors (Lipinski definition) is 1.